The van der Waals surface area contributed by atoms with E-state index < -0.39 is 11.8 Å². The second-order valence-electron chi connectivity index (χ2n) is 4.03. The van der Waals surface area contributed by atoms with Gasteiger partial charge in [-0.15, -0.1) is 0 Å². The molecule has 0 aliphatic rings. The Hall–Kier alpha value is -2.17. The van der Waals surface area contributed by atoms with E-state index >= 15 is 0 Å². The molecule has 0 atom stereocenters. The molecule has 0 saturated carbocycles. The van der Waals surface area contributed by atoms with Gasteiger partial charge in [0.25, 0.3) is 0 Å². The number of carbonyl (C=O) groups is 3. The zero-order valence-electron chi connectivity index (χ0n) is 10.8. The lowest BCUT2D eigenvalue weighted by molar-refractivity contribution is -0.153. The fraction of sp³-hybridized carbons (Fsp3) is 0.357. The first-order valence-corrected chi connectivity index (χ1v) is 6.08. The van der Waals surface area contributed by atoms with Gasteiger partial charge in [-0.2, -0.15) is 0 Å². The van der Waals surface area contributed by atoms with Gasteiger partial charge < -0.3 is 10.1 Å². The number of Topliss-reactive ketones (excluding diaryl/α,β-unsaturated/α-hetero) is 1. The van der Waals surface area contributed by atoms with Crippen LogP contribution in [0.4, 0.5) is 0 Å². The van der Waals surface area contributed by atoms with E-state index in [4.69, 9.17) is 4.74 Å². The highest BCUT2D eigenvalue weighted by atomic mass is 16.5. The molecule has 0 bridgehead atoms. The first-order chi connectivity index (χ1) is 9.09. The third-order valence-electron chi connectivity index (χ3n) is 2.42. The molecule has 0 aliphatic heterocycles. The standard InChI is InChI=1S/C14H17NO4/c1-11(16)15-9-10-19-14(18)13(17)8-7-12-5-3-2-4-6-12/h2-6H,7-10H2,1H3,(H,15,16). The van der Waals surface area contributed by atoms with Gasteiger partial charge in [0.2, 0.25) is 11.7 Å². The largest absolute Gasteiger partial charge is 0.458 e. The number of nitrogens with one attached hydrogen (secondary N) is 1. The van der Waals surface area contributed by atoms with Gasteiger partial charge in [0.05, 0.1) is 6.54 Å². The molecule has 0 spiro atoms. The summed E-state index contributed by atoms with van der Waals surface area (Å²) in [6.45, 7) is 1.59. The number of carbonyl (C=O) groups excluding carboxylic acids is 3. The average molecular weight is 263 g/mol. The molecule has 0 radical (unpaired) electrons. The molecular formula is C14H17NO4. The van der Waals surface area contributed by atoms with Crippen LogP contribution < -0.4 is 5.32 Å². The van der Waals surface area contributed by atoms with Crippen molar-refractivity contribution in [1.29, 1.82) is 0 Å². The van der Waals surface area contributed by atoms with Crippen molar-refractivity contribution in [1.82, 2.24) is 5.32 Å². The maximum atomic E-state index is 11.5. The molecule has 0 aliphatic carbocycles. The minimum Gasteiger partial charge on any atom is -0.458 e. The van der Waals surface area contributed by atoms with Gasteiger partial charge in [-0.1, -0.05) is 30.3 Å². The van der Waals surface area contributed by atoms with Crippen LogP contribution in [0.5, 0.6) is 0 Å². The number of esters is 1. The highest BCUT2D eigenvalue weighted by Gasteiger charge is 2.14. The van der Waals surface area contributed by atoms with Crippen molar-refractivity contribution in [3.63, 3.8) is 0 Å². The fourth-order valence-electron chi connectivity index (χ4n) is 1.46. The van der Waals surface area contributed by atoms with E-state index in [1.807, 2.05) is 30.3 Å². The third kappa shape index (κ3) is 6.35. The summed E-state index contributed by atoms with van der Waals surface area (Å²) in [5.41, 5.74) is 1.00. The maximum absolute atomic E-state index is 11.5. The molecule has 1 N–H and O–H groups in total. The SMILES string of the molecule is CC(=O)NCCOC(=O)C(=O)CCc1ccccc1. The molecule has 1 amide bonds. The van der Waals surface area contributed by atoms with Crippen molar-refractivity contribution in [2.45, 2.75) is 19.8 Å². The molecule has 5 heteroatoms. The molecule has 0 unspecified atom stereocenters. The quantitative estimate of drug-likeness (QED) is 0.450. The van der Waals surface area contributed by atoms with E-state index in [2.05, 4.69) is 5.32 Å². The first-order valence-electron chi connectivity index (χ1n) is 6.08. The Morgan fingerprint density at radius 3 is 2.47 bits per heavy atom. The summed E-state index contributed by atoms with van der Waals surface area (Å²) in [7, 11) is 0. The Morgan fingerprint density at radius 2 is 1.84 bits per heavy atom. The zero-order valence-corrected chi connectivity index (χ0v) is 10.8. The van der Waals surface area contributed by atoms with Gasteiger partial charge in [0.1, 0.15) is 6.61 Å². The van der Waals surface area contributed by atoms with Gasteiger partial charge >= 0.3 is 5.97 Å². The molecule has 19 heavy (non-hydrogen) atoms. The van der Waals surface area contributed by atoms with Crippen LogP contribution >= 0.6 is 0 Å². The van der Waals surface area contributed by atoms with Gasteiger partial charge in [-0.3, -0.25) is 9.59 Å². The Kier molecular flexibility index (Phi) is 6.29. The minimum atomic E-state index is -0.846. The molecule has 0 fully saturated rings. The van der Waals surface area contributed by atoms with Crippen molar-refractivity contribution in [2.75, 3.05) is 13.2 Å². The maximum Gasteiger partial charge on any atom is 0.374 e. The van der Waals surface area contributed by atoms with Crippen LogP contribution in [-0.2, 0) is 25.5 Å². The van der Waals surface area contributed by atoms with E-state index in [1.54, 1.807) is 0 Å². The Balaban J connectivity index is 2.22. The predicted molar refractivity (Wildman–Crippen MR) is 69.4 cm³/mol. The lowest BCUT2D eigenvalue weighted by Crippen LogP contribution is -2.27. The lowest BCUT2D eigenvalue weighted by Gasteiger charge is -2.04. The number of hydrogen-bond acceptors (Lipinski definition) is 4. The van der Waals surface area contributed by atoms with Gasteiger partial charge in [0.15, 0.2) is 0 Å². The smallest absolute Gasteiger partial charge is 0.374 e. The Bertz CT molecular complexity index is 442. The second-order valence-corrected chi connectivity index (χ2v) is 4.03. The van der Waals surface area contributed by atoms with Crippen LogP contribution in [0.2, 0.25) is 0 Å². The molecule has 1 rings (SSSR count). The summed E-state index contributed by atoms with van der Waals surface area (Å²) in [4.78, 5) is 33.4. The molecule has 1 aromatic carbocycles. The summed E-state index contributed by atoms with van der Waals surface area (Å²) in [6.07, 6.45) is 0.642. The number of rotatable bonds is 7. The van der Waals surface area contributed by atoms with E-state index in [1.165, 1.54) is 6.92 Å². The highest BCUT2D eigenvalue weighted by Crippen LogP contribution is 2.03. The number of ketones is 1. The average Bonchev–Trinajstić information content (AvgIpc) is 2.41. The van der Waals surface area contributed by atoms with Crippen LogP contribution in [0.25, 0.3) is 0 Å². The summed E-state index contributed by atoms with van der Waals surface area (Å²) in [5, 5.41) is 2.47. The summed E-state index contributed by atoms with van der Waals surface area (Å²) < 4.78 is 4.74. The third-order valence-corrected chi connectivity index (χ3v) is 2.42. The van der Waals surface area contributed by atoms with E-state index in [9.17, 15) is 14.4 Å². The predicted octanol–water partition coefficient (Wildman–Crippen LogP) is 0.868. The van der Waals surface area contributed by atoms with E-state index in [-0.39, 0.29) is 25.5 Å². The molecule has 0 heterocycles. The first kappa shape index (κ1) is 14.9. The monoisotopic (exact) mass is 263 g/mol. The Morgan fingerprint density at radius 1 is 1.16 bits per heavy atom. The molecule has 102 valence electrons. The summed E-state index contributed by atoms with van der Waals surface area (Å²) in [6, 6.07) is 9.45. The number of amides is 1. The van der Waals surface area contributed by atoms with Crippen molar-refractivity contribution in [3.05, 3.63) is 35.9 Å². The molecule has 0 aromatic heterocycles. The van der Waals surface area contributed by atoms with Crippen LogP contribution in [-0.4, -0.2) is 30.8 Å². The van der Waals surface area contributed by atoms with E-state index in [0.717, 1.165) is 5.56 Å². The van der Waals surface area contributed by atoms with Crippen molar-refractivity contribution in [3.8, 4) is 0 Å². The number of ether oxygens (including phenoxy) is 1. The van der Waals surface area contributed by atoms with Gasteiger partial charge in [-0.25, -0.2) is 4.79 Å². The molecular weight excluding hydrogens is 246 g/mol. The minimum absolute atomic E-state index is 0.00941. The Labute approximate surface area is 111 Å². The molecule has 1 aromatic rings. The summed E-state index contributed by atoms with van der Waals surface area (Å²) in [5.74, 6) is -1.60. The van der Waals surface area contributed by atoms with Crippen LogP contribution in [0, 0.1) is 0 Å². The molecule has 5 nitrogen and oxygen atoms in total. The van der Waals surface area contributed by atoms with Crippen molar-refractivity contribution >= 4 is 17.7 Å². The van der Waals surface area contributed by atoms with E-state index in [0.29, 0.717) is 6.42 Å². The zero-order chi connectivity index (χ0) is 14.1. The second kappa shape index (κ2) is 8.02. The van der Waals surface area contributed by atoms with Crippen LogP contribution in [0.15, 0.2) is 30.3 Å². The number of hydrogen-bond donors (Lipinski definition) is 1. The normalized spacial score (nSPS) is 9.74. The summed E-state index contributed by atoms with van der Waals surface area (Å²) >= 11 is 0. The number of benzene rings is 1. The fourth-order valence-corrected chi connectivity index (χ4v) is 1.46. The van der Waals surface area contributed by atoms with Gasteiger partial charge in [0, 0.05) is 13.3 Å². The van der Waals surface area contributed by atoms with Gasteiger partial charge in [-0.05, 0) is 12.0 Å². The highest BCUT2D eigenvalue weighted by molar-refractivity contribution is 6.33. The van der Waals surface area contributed by atoms with Crippen LogP contribution in [0.1, 0.15) is 18.9 Å². The number of aryl methyl sites for hydroxylation is 1. The van der Waals surface area contributed by atoms with Crippen LogP contribution in [0.3, 0.4) is 0 Å². The topological polar surface area (TPSA) is 72.5 Å². The van der Waals surface area contributed by atoms with Crippen molar-refractivity contribution in [2.24, 2.45) is 0 Å². The van der Waals surface area contributed by atoms with Crippen molar-refractivity contribution < 1.29 is 19.1 Å². The lowest BCUT2D eigenvalue weighted by atomic mass is 10.1. The molecule has 0 saturated heterocycles.